The maximum Gasteiger partial charge on any atom is 0.194 e. The standard InChI is InChI=1S/C22H35FN4O.HI/c1-4-24-22(25-12-9-18-10-13-26(3)14-11-18)27-15-17(2)28-21(16-27)19-5-7-20(23)8-6-19;/h5-8,17-18,21H,4,9-16H2,1-3H3,(H,24,25);1H. The molecule has 0 aromatic heterocycles. The van der Waals surface area contributed by atoms with Crippen LogP contribution in [0, 0.1) is 11.7 Å². The van der Waals surface area contributed by atoms with Crippen LogP contribution in [0.3, 0.4) is 0 Å². The second-order valence-corrected chi connectivity index (χ2v) is 8.16. The molecule has 2 aliphatic rings. The van der Waals surface area contributed by atoms with Gasteiger partial charge < -0.3 is 19.9 Å². The van der Waals surface area contributed by atoms with Crippen molar-refractivity contribution in [2.45, 2.75) is 45.3 Å². The number of ether oxygens (including phenoxy) is 1. The van der Waals surface area contributed by atoms with Gasteiger partial charge in [0.05, 0.1) is 12.6 Å². The van der Waals surface area contributed by atoms with E-state index < -0.39 is 0 Å². The van der Waals surface area contributed by atoms with Gasteiger partial charge in [-0.2, -0.15) is 0 Å². The number of morpholine rings is 1. The third-order valence-electron chi connectivity index (χ3n) is 5.77. The van der Waals surface area contributed by atoms with Crippen LogP contribution in [-0.2, 0) is 4.74 Å². The van der Waals surface area contributed by atoms with Crippen LogP contribution in [0.15, 0.2) is 29.3 Å². The summed E-state index contributed by atoms with van der Waals surface area (Å²) >= 11 is 0. The second-order valence-electron chi connectivity index (χ2n) is 8.16. The summed E-state index contributed by atoms with van der Waals surface area (Å²) in [5.74, 6) is 1.55. The molecule has 1 N–H and O–H groups in total. The fourth-order valence-electron chi connectivity index (χ4n) is 4.12. The van der Waals surface area contributed by atoms with E-state index in [0.717, 1.165) is 50.0 Å². The number of nitrogens with one attached hydrogen (secondary N) is 1. The number of benzene rings is 1. The van der Waals surface area contributed by atoms with Gasteiger partial charge in [-0.3, -0.25) is 4.99 Å². The summed E-state index contributed by atoms with van der Waals surface area (Å²) in [5, 5.41) is 3.45. The predicted molar refractivity (Wildman–Crippen MR) is 127 cm³/mol. The summed E-state index contributed by atoms with van der Waals surface area (Å²) in [6.45, 7) is 9.86. The number of piperidine rings is 1. The van der Waals surface area contributed by atoms with Crippen molar-refractivity contribution in [3.05, 3.63) is 35.6 Å². The van der Waals surface area contributed by atoms with Crippen LogP contribution in [0.2, 0.25) is 0 Å². The molecule has 2 heterocycles. The lowest BCUT2D eigenvalue weighted by Crippen LogP contribution is -2.50. The topological polar surface area (TPSA) is 40.1 Å². The van der Waals surface area contributed by atoms with Crippen molar-refractivity contribution in [1.29, 1.82) is 0 Å². The number of nitrogens with zero attached hydrogens (tertiary/aromatic N) is 3. The molecule has 0 saturated carbocycles. The van der Waals surface area contributed by atoms with Crippen LogP contribution >= 0.6 is 24.0 Å². The van der Waals surface area contributed by atoms with E-state index in [4.69, 9.17) is 9.73 Å². The Labute approximate surface area is 192 Å². The quantitative estimate of drug-likeness (QED) is 0.365. The molecule has 5 nitrogen and oxygen atoms in total. The van der Waals surface area contributed by atoms with E-state index >= 15 is 0 Å². The third-order valence-corrected chi connectivity index (χ3v) is 5.77. The molecule has 1 aromatic carbocycles. The number of halogens is 2. The van der Waals surface area contributed by atoms with Crippen molar-refractivity contribution in [3.63, 3.8) is 0 Å². The Morgan fingerprint density at radius 2 is 1.90 bits per heavy atom. The first-order valence-corrected chi connectivity index (χ1v) is 10.7. The minimum atomic E-state index is -0.215. The number of likely N-dealkylation sites (tertiary alicyclic amines) is 1. The number of hydrogen-bond donors (Lipinski definition) is 1. The zero-order valence-corrected chi connectivity index (χ0v) is 20.3. The molecule has 3 rings (SSSR count). The molecule has 2 saturated heterocycles. The zero-order chi connectivity index (χ0) is 19.9. The highest BCUT2D eigenvalue weighted by Crippen LogP contribution is 2.26. The lowest BCUT2D eigenvalue weighted by molar-refractivity contribution is -0.0605. The molecular formula is C22H36FIN4O. The van der Waals surface area contributed by atoms with E-state index in [1.54, 1.807) is 0 Å². The SMILES string of the molecule is CCNC(=NCCC1CCN(C)CC1)N1CC(C)OC(c2ccc(F)cc2)C1.I. The normalized spacial score (nSPS) is 24.3. The molecule has 0 bridgehead atoms. The molecule has 0 spiro atoms. The van der Waals surface area contributed by atoms with Gasteiger partial charge in [-0.25, -0.2) is 4.39 Å². The molecule has 164 valence electrons. The van der Waals surface area contributed by atoms with Crippen molar-refractivity contribution >= 4 is 29.9 Å². The molecule has 0 radical (unpaired) electrons. The van der Waals surface area contributed by atoms with Crippen molar-refractivity contribution < 1.29 is 9.13 Å². The second kappa shape index (κ2) is 12.1. The Morgan fingerprint density at radius 1 is 1.21 bits per heavy atom. The highest BCUT2D eigenvalue weighted by molar-refractivity contribution is 14.0. The molecule has 7 heteroatoms. The summed E-state index contributed by atoms with van der Waals surface area (Å²) in [7, 11) is 2.20. The molecule has 0 aliphatic carbocycles. The average Bonchev–Trinajstić information content (AvgIpc) is 2.69. The maximum absolute atomic E-state index is 13.3. The maximum atomic E-state index is 13.3. The number of guanidine groups is 1. The highest BCUT2D eigenvalue weighted by Gasteiger charge is 2.28. The summed E-state index contributed by atoms with van der Waals surface area (Å²) < 4.78 is 19.4. The first-order valence-electron chi connectivity index (χ1n) is 10.7. The van der Waals surface area contributed by atoms with Crippen LogP contribution in [0.1, 0.15) is 44.8 Å². The van der Waals surface area contributed by atoms with E-state index in [1.165, 1.54) is 38.1 Å². The van der Waals surface area contributed by atoms with Gasteiger partial charge >= 0.3 is 0 Å². The summed E-state index contributed by atoms with van der Waals surface area (Å²) in [5.41, 5.74) is 1.01. The first kappa shape index (κ1) is 24.3. The van der Waals surface area contributed by atoms with Crippen LogP contribution < -0.4 is 5.32 Å². The zero-order valence-electron chi connectivity index (χ0n) is 17.9. The van der Waals surface area contributed by atoms with E-state index in [9.17, 15) is 4.39 Å². The van der Waals surface area contributed by atoms with Crippen LogP contribution in [-0.4, -0.2) is 68.2 Å². The van der Waals surface area contributed by atoms with Gasteiger partial charge in [-0.05, 0) is 76.9 Å². The largest absolute Gasteiger partial charge is 0.367 e. The van der Waals surface area contributed by atoms with Gasteiger partial charge in [0.25, 0.3) is 0 Å². The van der Waals surface area contributed by atoms with Gasteiger partial charge in [-0.15, -0.1) is 24.0 Å². The van der Waals surface area contributed by atoms with E-state index in [2.05, 4.69) is 36.0 Å². The predicted octanol–water partition coefficient (Wildman–Crippen LogP) is 3.90. The van der Waals surface area contributed by atoms with E-state index in [0.29, 0.717) is 0 Å². The van der Waals surface area contributed by atoms with Gasteiger partial charge in [0, 0.05) is 19.6 Å². The van der Waals surface area contributed by atoms with E-state index in [1.807, 2.05) is 12.1 Å². The smallest absolute Gasteiger partial charge is 0.194 e. The van der Waals surface area contributed by atoms with Crippen molar-refractivity contribution in [2.24, 2.45) is 10.9 Å². The fourth-order valence-corrected chi connectivity index (χ4v) is 4.12. The Morgan fingerprint density at radius 3 is 2.55 bits per heavy atom. The fraction of sp³-hybridized carbons (Fsp3) is 0.682. The lowest BCUT2D eigenvalue weighted by Gasteiger charge is -2.39. The van der Waals surface area contributed by atoms with Crippen molar-refractivity contribution in [3.8, 4) is 0 Å². The molecule has 0 amide bonds. The Hall–Kier alpha value is -0.930. The van der Waals surface area contributed by atoms with Crippen LogP contribution in [0.5, 0.6) is 0 Å². The van der Waals surface area contributed by atoms with Gasteiger partial charge in [0.1, 0.15) is 11.9 Å². The van der Waals surface area contributed by atoms with Crippen LogP contribution in [0.25, 0.3) is 0 Å². The Balaban J connectivity index is 0.00000300. The Bertz CT molecular complexity index is 634. The molecule has 2 atom stereocenters. The monoisotopic (exact) mass is 518 g/mol. The summed E-state index contributed by atoms with van der Waals surface area (Å²) in [4.78, 5) is 9.63. The molecule has 1 aromatic rings. The number of hydrogen-bond acceptors (Lipinski definition) is 3. The van der Waals surface area contributed by atoms with Gasteiger partial charge in [0.2, 0.25) is 0 Å². The Kier molecular flexibility index (Phi) is 10.1. The number of rotatable bonds is 5. The minimum Gasteiger partial charge on any atom is -0.367 e. The van der Waals surface area contributed by atoms with Crippen molar-refractivity contribution in [2.75, 3.05) is 46.3 Å². The van der Waals surface area contributed by atoms with Gasteiger partial charge in [0.15, 0.2) is 5.96 Å². The molecule has 2 fully saturated rings. The molecular weight excluding hydrogens is 482 g/mol. The minimum absolute atomic E-state index is 0. The lowest BCUT2D eigenvalue weighted by atomic mass is 9.94. The molecule has 2 unspecified atom stereocenters. The van der Waals surface area contributed by atoms with Crippen molar-refractivity contribution in [1.82, 2.24) is 15.1 Å². The van der Waals surface area contributed by atoms with Crippen LogP contribution in [0.4, 0.5) is 4.39 Å². The molecule has 29 heavy (non-hydrogen) atoms. The summed E-state index contributed by atoms with van der Waals surface area (Å²) in [6.07, 6.45) is 3.75. The first-order chi connectivity index (χ1) is 13.5. The summed E-state index contributed by atoms with van der Waals surface area (Å²) in [6, 6.07) is 6.65. The molecule has 2 aliphatic heterocycles. The average molecular weight is 518 g/mol. The van der Waals surface area contributed by atoms with E-state index in [-0.39, 0.29) is 42.0 Å². The third kappa shape index (κ3) is 7.36. The number of aliphatic imine (C=N–C) groups is 1. The van der Waals surface area contributed by atoms with Gasteiger partial charge in [-0.1, -0.05) is 12.1 Å². The highest BCUT2D eigenvalue weighted by atomic mass is 127.